The topological polar surface area (TPSA) is 50.5 Å². The van der Waals surface area contributed by atoms with Crippen LogP contribution in [0.15, 0.2) is 76.1 Å². The van der Waals surface area contributed by atoms with E-state index < -0.39 is 0 Å². The molecule has 28 heavy (non-hydrogen) atoms. The van der Waals surface area contributed by atoms with Crippen molar-refractivity contribution in [2.45, 2.75) is 6.92 Å². The van der Waals surface area contributed by atoms with Crippen LogP contribution >= 0.6 is 24.0 Å². The fourth-order valence-corrected chi connectivity index (χ4v) is 4.13. The van der Waals surface area contributed by atoms with E-state index in [9.17, 15) is 9.59 Å². The van der Waals surface area contributed by atoms with Crippen LogP contribution in [0, 0.1) is 0 Å². The van der Waals surface area contributed by atoms with E-state index >= 15 is 0 Å². The maximum Gasteiger partial charge on any atom is 0.270 e. The summed E-state index contributed by atoms with van der Waals surface area (Å²) in [6.07, 6.45) is 1.70. The molecule has 0 spiro atoms. The Morgan fingerprint density at radius 1 is 1.04 bits per heavy atom. The fourth-order valence-electron chi connectivity index (χ4n) is 2.85. The van der Waals surface area contributed by atoms with Crippen molar-refractivity contribution in [1.29, 1.82) is 0 Å². The number of hydrogen-bond acceptors (Lipinski definition) is 5. The number of amides is 1. The predicted molar refractivity (Wildman–Crippen MR) is 116 cm³/mol. The first kappa shape index (κ1) is 18.4. The van der Waals surface area contributed by atoms with Crippen LogP contribution in [0.1, 0.15) is 23.0 Å². The molecule has 0 radical (unpaired) electrons. The van der Waals surface area contributed by atoms with Crippen molar-refractivity contribution in [2.24, 2.45) is 0 Å². The molecular formula is C22H15NO3S2. The van der Waals surface area contributed by atoms with E-state index in [2.05, 4.69) is 0 Å². The number of carbonyl (C=O) groups excluding carboxylic acids is 2. The van der Waals surface area contributed by atoms with Crippen LogP contribution in [0.3, 0.4) is 0 Å². The first-order valence-electron chi connectivity index (χ1n) is 8.57. The molecule has 138 valence electrons. The Bertz CT molecular complexity index is 1100. The molecule has 2 heterocycles. The van der Waals surface area contributed by atoms with Gasteiger partial charge in [0.2, 0.25) is 0 Å². The zero-order valence-electron chi connectivity index (χ0n) is 14.9. The second kappa shape index (κ2) is 7.58. The number of nitrogens with zero attached hydrogens (tertiary/aromatic N) is 1. The minimum atomic E-state index is -0.162. The fraction of sp³-hybridized carbons (Fsp3) is 0.0455. The minimum absolute atomic E-state index is 0.0205. The van der Waals surface area contributed by atoms with Crippen LogP contribution in [0.25, 0.3) is 17.4 Å². The smallest absolute Gasteiger partial charge is 0.270 e. The third kappa shape index (κ3) is 3.56. The molecule has 4 nitrogen and oxygen atoms in total. The molecule has 0 N–H and O–H groups in total. The van der Waals surface area contributed by atoms with Crippen LogP contribution < -0.4 is 4.90 Å². The van der Waals surface area contributed by atoms with Crippen molar-refractivity contribution in [2.75, 3.05) is 4.90 Å². The standard InChI is InChI=1S/C22H15NO3S2/c1-14(24)15-7-9-16(10-8-15)19-12-11-18(26-19)13-20-21(25)23(22(27)28-20)17-5-3-2-4-6-17/h2-13H,1H3/b20-13+. The van der Waals surface area contributed by atoms with Gasteiger partial charge in [0.25, 0.3) is 5.91 Å². The molecule has 1 aromatic heterocycles. The summed E-state index contributed by atoms with van der Waals surface area (Å²) < 4.78 is 6.36. The van der Waals surface area contributed by atoms with Gasteiger partial charge in [-0.15, -0.1) is 0 Å². The Labute approximate surface area is 171 Å². The van der Waals surface area contributed by atoms with Gasteiger partial charge in [-0.05, 0) is 31.2 Å². The zero-order chi connectivity index (χ0) is 19.7. The molecule has 2 aromatic carbocycles. The van der Waals surface area contributed by atoms with Gasteiger partial charge in [-0.25, -0.2) is 0 Å². The number of furan rings is 1. The van der Waals surface area contributed by atoms with E-state index in [0.717, 1.165) is 11.3 Å². The third-order valence-corrected chi connectivity index (χ3v) is 5.59. The highest BCUT2D eigenvalue weighted by Crippen LogP contribution is 2.36. The van der Waals surface area contributed by atoms with Crippen LogP contribution in [0.5, 0.6) is 0 Å². The number of thioether (sulfide) groups is 1. The number of Topliss-reactive ketones (excluding diaryl/α,β-unsaturated/α-hetero) is 1. The molecule has 1 aliphatic heterocycles. The van der Waals surface area contributed by atoms with Crippen molar-refractivity contribution in [3.63, 3.8) is 0 Å². The highest BCUT2D eigenvalue weighted by atomic mass is 32.2. The lowest BCUT2D eigenvalue weighted by Crippen LogP contribution is -2.27. The number of rotatable bonds is 4. The summed E-state index contributed by atoms with van der Waals surface area (Å²) in [4.78, 5) is 26.2. The van der Waals surface area contributed by atoms with Crippen molar-refractivity contribution >= 4 is 51.8 Å². The number of carbonyl (C=O) groups is 2. The van der Waals surface area contributed by atoms with E-state index in [4.69, 9.17) is 16.6 Å². The minimum Gasteiger partial charge on any atom is -0.457 e. The van der Waals surface area contributed by atoms with E-state index in [1.165, 1.54) is 23.6 Å². The summed E-state index contributed by atoms with van der Waals surface area (Å²) in [6, 6.07) is 20.2. The Kier molecular flexibility index (Phi) is 4.98. The average molecular weight is 406 g/mol. The number of ketones is 1. The molecule has 3 aromatic rings. The van der Waals surface area contributed by atoms with Crippen LogP contribution in [0.2, 0.25) is 0 Å². The summed E-state index contributed by atoms with van der Waals surface area (Å²) in [5, 5.41) is 0. The monoisotopic (exact) mass is 405 g/mol. The largest absolute Gasteiger partial charge is 0.457 e. The Balaban J connectivity index is 1.58. The Hall–Kier alpha value is -2.96. The molecule has 1 amide bonds. The number of para-hydroxylation sites is 1. The predicted octanol–water partition coefficient (Wildman–Crippen LogP) is 5.56. The lowest BCUT2D eigenvalue weighted by atomic mass is 10.1. The summed E-state index contributed by atoms with van der Waals surface area (Å²) in [6.45, 7) is 1.53. The van der Waals surface area contributed by atoms with Crippen LogP contribution in [-0.4, -0.2) is 16.0 Å². The summed E-state index contributed by atoms with van der Waals surface area (Å²) in [5.41, 5.74) is 2.26. The van der Waals surface area contributed by atoms with Gasteiger partial charge in [-0.2, -0.15) is 0 Å². The number of benzene rings is 2. The molecule has 6 heteroatoms. The first-order valence-corrected chi connectivity index (χ1v) is 9.79. The zero-order valence-corrected chi connectivity index (χ0v) is 16.5. The third-order valence-electron chi connectivity index (χ3n) is 4.28. The highest BCUT2D eigenvalue weighted by Gasteiger charge is 2.33. The van der Waals surface area contributed by atoms with Gasteiger partial charge in [0.05, 0.1) is 10.6 Å². The van der Waals surface area contributed by atoms with Gasteiger partial charge < -0.3 is 4.42 Å². The molecule has 0 atom stereocenters. The van der Waals surface area contributed by atoms with Gasteiger partial charge in [0.15, 0.2) is 10.1 Å². The summed E-state index contributed by atoms with van der Waals surface area (Å²) in [7, 11) is 0. The van der Waals surface area contributed by atoms with Crippen LogP contribution in [0.4, 0.5) is 5.69 Å². The molecule has 0 unspecified atom stereocenters. The van der Waals surface area contributed by atoms with E-state index in [1.807, 2.05) is 54.6 Å². The van der Waals surface area contributed by atoms with Gasteiger partial charge in [0, 0.05) is 17.2 Å². The average Bonchev–Trinajstić information content (AvgIpc) is 3.27. The molecule has 0 aliphatic carbocycles. The maximum atomic E-state index is 12.8. The second-order valence-electron chi connectivity index (χ2n) is 6.19. The first-order chi connectivity index (χ1) is 13.5. The number of thiocarbonyl (C=S) groups is 1. The molecule has 1 fully saturated rings. The molecular weight excluding hydrogens is 390 g/mol. The van der Waals surface area contributed by atoms with Gasteiger partial charge in [-0.3, -0.25) is 14.5 Å². The van der Waals surface area contributed by atoms with Gasteiger partial charge in [-0.1, -0.05) is 66.4 Å². The summed E-state index contributed by atoms with van der Waals surface area (Å²) in [5.74, 6) is 1.09. The van der Waals surface area contributed by atoms with Crippen molar-refractivity contribution < 1.29 is 14.0 Å². The van der Waals surface area contributed by atoms with Crippen molar-refractivity contribution in [1.82, 2.24) is 0 Å². The number of hydrogen-bond donors (Lipinski definition) is 0. The normalized spacial score (nSPS) is 15.5. The van der Waals surface area contributed by atoms with Crippen molar-refractivity contribution in [3.8, 4) is 11.3 Å². The van der Waals surface area contributed by atoms with Gasteiger partial charge in [0.1, 0.15) is 11.5 Å². The number of anilines is 1. The molecule has 1 aliphatic rings. The Morgan fingerprint density at radius 2 is 1.75 bits per heavy atom. The molecule has 0 bridgehead atoms. The lowest BCUT2D eigenvalue weighted by Gasteiger charge is -2.13. The second-order valence-corrected chi connectivity index (χ2v) is 7.86. The summed E-state index contributed by atoms with van der Waals surface area (Å²) >= 11 is 6.63. The van der Waals surface area contributed by atoms with Crippen LogP contribution in [-0.2, 0) is 4.79 Å². The molecule has 4 rings (SSSR count). The Morgan fingerprint density at radius 3 is 2.43 bits per heavy atom. The molecule has 0 saturated carbocycles. The lowest BCUT2D eigenvalue weighted by molar-refractivity contribution is -0.113. The molecule has 1 saturated heterocycles. The maximum absolute atomic E-state index is 12.8. The van der Waals surface area contributed by atoms with Gasteiger partial charge >= 0.3 is 0 Å². The van der Waals surface area contributed by atoms with E-state index in [-0.39, 0.29) is 11.7 Å². The SMILES string of the molecule is CC(=O)c1ccc(-c2ccc(/C=C3/SC(=S)N(c4ccccc4)C3=O)o2)cc1. The van der Waals surface area contributed by atoms with E-state index in [0.29, 0.717) is 26.3 Å². The quantitative estimate of drug-likeness (QED) is 0.323. The highest BCUT2D eigenvalue weighted by molar-refractivity contribution is 8.27. The van der Waals surface area contributed by atoms with Crippen molar-refractivity contribution in [3.05, 3.63) is 83.0 Å². The van der Waals surface area contributed by atoms with E-state index in [1.54, 1.807) is 18.2 Å².